The van der Waals surface area contributed by atoms with Gasteiger partial charge in [0.05, 0.1) is 0 Å². The predicted molar refractivity (Wildman–Crippen MR) is 75.2 cm³/mol. The van der Waals surface area contributed by atoms with Gasteiger partial charge in [0.1, 0.15) is 5.60 Å². The van der Waals surface area contributed by atoms with Gasteiger partial charge in [-0.05, 0) is 36.8 Å². The molecule has 0 fully saturated rings. The average Bonchev–Trinajstić information content (AvgIpc) is 2.25. The Labute approximate surface area is 110 Å². The Kier molecular flexibility index (Phi) is 4.33. The molecular formula is C16H24O2. The van der Waals surface area contributed by atoms with Crippen LogP contribution in [0, 0.1) is 0 Å². The summed E-state index contributed by atoms with van der Waals surface area (Å²) in [5.74, 6) is 0.500. The molecule has 100 valence electrons. The van der Waals surface area contributed by atoms with Crippen molar-refractivity contribution in [1.82, 2.24) is 0 Å². The number of ketones is 1. The lowest BCUT2D eigenvalue weighted by Crippen LogP contribution is -2.32. The molecule has 0 saturated carbocycles. The zero-order chi connectivity index (χ0) is 14.1. The number of carbonyl (C=O) groups excluding carboxylic acids is 1. The minimum atomic E-state index is -1.32. The summed E-state index contributed by atoms with van der Waals surface area (Å²) in [6.07, 6.45) is 0. The van der Waals surface area contributed by atoms with E-state index in [1.807, 2.05) is 12.1 Å². The molecular weight excluding hydrogens is 224 g/mol. The second-order valence-electron chi connectivity index (χ2n) is 6.04. The molecule has 2 heteroatoms. The van der Waals surface area contributed by atoms with E-state index in [4.69, 9.17) is 0 Å². The average molecular weight is 248 g/mol. The molecule has 18 heavy (non-hydrogen) atoms. The SMILES string of the molecule is CC(C)c1ccc(C(=O)C(C)(C)O)c(C(C)C)c1. The summed E-state index contributed by atoms with van der Waals surface area (Å²) < 4.78 is 0. The maximum atomic E-state index is 12.2. The van der Waals surface area contributed by atoms with Gasteiger partial charge in [0, 0.05) is 5.56 Å². The topological polar surface area (TPSA) is 37.3 Å². The molecule has 1 rings (SSSR count). The first-order valence-corrected chi connectivity index (χ1v) is 6.55. The summed E-state index contributed by atoms with van der Waals surface area (Å²) in [6.45, 7) is 11.5. The van der Waals surface area contributed by atoms with Crippen molar-refractivity contribution in [3.63, 3.8) is 0 Å². The van der Waals surface area contributed by atoms with Gasteiger partial charge < -0.3 is 5.11 Å². The summed E-state index contributed by atoms with van der Waals surface area (Å²) in [6, 6.07) is 5.93. The van der Waals surface area contributed by atoms with Crippen LogP contribution in [-0.4, -0.2) is 16.5 Å². The number of benzene rings is 1. The zero-order valence-corrected chi connectivity index (χ0v) is 12.2. The first-order chi connectivity index (χ1) is 8.14. The van der Waals surface area contributed by atoms with Crippen LogP contribution in [0.5, 0.6) is 0 Å². The Morgan fingerprint density at radius 1 is 1.11 bits per heavy atom. The molecule has 0 aromatic heterocycles. The molecule has 0 aliphatic carbocycles. The molecule has 2 nitrogen and oxygen atoms in total. The van der Waals surface area contributed by atoms with Gasteiger partial charge in [-0.1, -0.05) is 45.9 Å². The monoisotopic (exact) mass is 248 g/mol. The van der Waals surface area contributed by atoms with Crippen molar-refractivity contribution < 1.29 is 9.90 Å². The third kappa shape index (κ3) is 3.20. The van der Waals surface area contributed by atoms with Gasteiger partial charge in [-0.2, -0.15) is 0 Å². The molecule has 1 N–H and O–H groups in total. The predicted octanol–water partition coefficient (Wildman–Crippen LogP) is 3.89. The minimum absolute atomic E-state index is 0.207. The van der Waals surface area contributed by atoms with Gasteiger partial charge in [-0.3, -0.25) is 4.79 Å². The van der Waals surface area contributed by atoms with E-state index in [1.54, 1.807) is 0 Å². The molecule has 0 aliphatic heterocycles. The van der Waals surface area contributed by atoms with Crippen molar-refractivity contribution >= 4 is 5.78 Å². The summed E-state index contributed by atoms with van der Waals surface area (Å²) in [4.78, 5) is 12.2. The van der Waals surface area contributed by atoms with E-state index in [0.29, 0.717) is 11.5 Å². The third-order valence-corrected chi connectivity index (χ3v) is 3.16. The van der Waals surface area contributed by atoms with Crippen LogP contribution in [0.4, 0.5) is 0 Å². The smallest absolute Gasteiger partial charge is 0.194 e. The highest BCUT2D eigenvalue weighted by atomic mass is 16.3. The van der Waals surface area contributed by atoms with Crippen LogP contribution in [0.2, 0.25) is 0 Å². The molecule has 0 atom stereocenters. The summed E-state index contributed by atoms with van der Waals surface area (Å²) in [5.41, 5.74) is 1.57. The maximum Gasteiger partial charge on any atom is 0.194 e. The molecule has 0 bridgehead atoms. The van der Waals surface area contributed by atoms with E-state index in [9.17, 15) is 9.90 Å². The van der Waals surface area contributed by atoms with Crippen molar-refractivity contribution in [3.8, 4) is 0 Å². The standard InChI is InChI=1S/C16H24O2/c1-10(2)12-7-8-13(14(9-12)11(3)4)15(17)16(5,6)18/h7-11,18H,1-6H3. The highest BCUT2D eigenvalue weighted by Gasteiger charge is 2.27. The van der Waals surface area contributed by atoms with Gasteiger partial charge in [0.15, 0.2) is 5.78 Å². The van der Waals surface area contributed by atoms with Crippen molar-refractivity contribution in [3.05, 3.63) is 34.9 Å². The van der Waals surface area contributed by atoms with Crippen molar-refractivity contribution in [2.24, 2.45) is 0 Å². The Bertz CT molecular complexity index is 437. The van der Waals surface area contributed by atoms with Gasteiger partial charge in [0.2, 0.25) is 0 Å². The van der Waals surface area contributed by atoms with E-state index in [2.05, 4.69) is 33.8 Å². The number of Topliss-reactive ketones (excluding diaryl/α,β-unsaturated/α-hetero) is 1. The summed E-state index contributed by atoms with van der Waals surface area (Å²) in [7, 11) is 0. The lowest BCUT2D eigenvalue weighted by molar-refractivity contribution is 0.0486. The quantitative estimate of drug-likeness (QED) is 0.821. The Balaban J connectivity index is 3.33. The Morgan fingerprint density at radius 2 is 1.67 bits per heavy atom. The zero-order valence-electron chi connectivity index (χ0n) is 12.2. The maximum absolute atomic E-state index is 12.2. The molecule has 0 amide bonds. The minimum Gasteiger partial charge on any atom is -0.382 e. The largest absolute Gasteiger partial charge is 0.382 e. The molecule has 1 aromatic carbocycles. The van der Waals surface area contributed by atoms with Crippen LogP contribution in [0.1, 0.15) is 74.9 Å². The van der Waals surface area contributed by atoms with Crippen molar-refractivity contribution in [1.29, 1.82) is 0 Å². The third-order valence-electron chi connectivity index (χ3n) is 3.16. The second kappa shape index (κ2) is 5.23. The van der Waals surface area contributed by atoms with Crippen LogP contribution in [0.3, 0.4) is 0 Å². The van der Waals surface area contributed by atoms with Gasteiger partial charge in [-0.15, -0.1) is 0 Å². The number of rotatable bonds is 4. The number of carbonyl (C=O) groups is 1. The number of hydrogen-bond donors (Lipinski definition) is 1. The van der Waals surface area contributed by atoms with E-state index in [1.165, 1.54) is 19.4 Å². The highest BCUT2D eigenvalue weighted by Crippen LogP contribution is 2.27. The van der Waals surface area contributed by atoms with Crippen LogP contribution in [0.15, 0.2) is 18.2 Å². The highest BCUT2D eigenvalue weighted by molar-refractivity contribution is 6.03. The van der Waals surface area contributed by atoms with Crippen LogP contribution in [0.25, 0.3) is 0 Å². The molecule has 1 aromatic rings. The normalized spacial score (nSPS) is 12.3. The van der Waals surface area contributed by atoms with Crippen molar-refractivity contribution in [2.45, 2.75) is 59.0 Å². The van der Waals surface area contributed by atoms with Crippen LogP contribution in [-0.2, 0) is 0 Å². The molecule has 0 aliphatic rings. The molecule has 0 saturated heterocycles. The number of hydrogen-bond acceptors (Lipinski definition) is 2. The van der Waals surface area contributed by atoms with Crippen LogP contribution >= 0.6 is 0 Å². The lowest BCUT2D eigenvalue weighted by atomic mass is 9.86. The van der Waals surface area contributed by atoms with E-state index in [0.717, 1.165) is 5.56 Å². The Hall–Kier alpha value is -1.15. The van der Waals surface area contributed by atoms with Gasteiger partial charge >= 0.3 is 0 Å². The molecule has 0 radical (unpaired) electrons. The van der Waals surface area contributed by atoms with E-state index < -0.39 is 5.60 Å². The van der Waals surface area contributed by atoms with Crippen molar-refractivity contribution in [2.75, 3.05) is 0 Å². The molecule has 0 spiro atoms. The first-order valence-electron chi connectivity index (χ1n) is 6.55. The molecule has 0 unspecified atom stereocenters. The lowest BCUT2D eigenvalue weighted by Gasteiger charge is -2.21. The number of aliphatic hydroxyl groups is 1. The second-order valence-corrected chi connectivity index (χ2v) is 6.04. The molecule has 0 heterocycles. The van der Waals surface area contributed by atoms with Gasteiger partial charge in [0.25, 0.3) is 0 Å². The summed E-state index contributed by atoms with van der Waals surface area (Å²) >= 11 is 0. The fourth-order valence-corrected chi connectivity index (χ4v) is 1.95. The van der Waals surface area contributed by atoms with Crippen LogP contribution < -0.4 is 0 Å². The summed E-state index contributed by atoms with van der Waals surface area (Å²) in [5, 5.41) is 9.87. The fourth-order valence-electron chi connectivity index (χ4n) is 1.95. The Morgan fingerprint density at radius 3 is 2.06 bits per heavy atom. The van der Waals surface area contributed by atoms with E-state index >= 15 is 0 Å². The fraction of sp³-hybridized carbons (Fsp3) is 0.562. The van der Waals surface area contributed by atoms with Gasteiger partial charge in [-0.25, -0.2) is 0 Å². The first kappa shape index (κ1) is 14.9. The van der Waals surface area contributed by atoms with E-state index in [-0.39, 0.29) is 11.7 Å².